The van der Waals surface area contributed by atoms with Crippen molar-refractivity contribution in [2.45, 2.75) is 24.7 Å². The molecule has 1 aliphatic rings. The van der Waals surface area contributed by atoms with Gasteiger partial charge in [-0.3, -0.25) is 4.98 Å². The summed E-state index contributed by atoms with van der Waals surface area (Å²) < 4.78 is 52.3. The maximum absolute atomic E-state index is 13.6. The fraction of sp³-hybridized carbons (Fsp3) is 0.500. The average molecular weight is 235 g/mol. The number of rotatable bonds is 2. The zero-order valence-electron chi connectivity index (χ0n) is 8.13. The highest BCUT2D eigenvalue weighted by Gasteiger charge is 2.57. The monoisotopic (exact) mass is 235 g/mol. The summed E-state index contributed by atoms with van der Waals surface area (Å²) in [7, 11) is 0. The molecule has 0 atom stereocenters. The van der Waals surface area contributed by atoms with Crippen molar-refractivity contribution in [1.29, 1.82) is 0 Å². The zero-order chi connectivity index (χ0) is 12.0. The van der Waals surface area contributed by atoms with Gasteiger partial charge in [0, 0.05) is 31.0 Å². The molecule has 0 aromatic carbocycles. The first-order chi connectivity index (χ1) is 7.31. The SMILES string of the molecule is Oc1ccnc(C(F)(F)C2CC(F)(F)C2)c1. The Morgan fingerprint density at radius 2 is 2.00 bits per heavy atom. The lowest BCUT2D eigenvalue weighted by atomic mass is 9.76. The highest BCUT2D eigenvalue weighted by atomic mass is 19.3. The Kier molecular flexibility index (Phi) is 2.32. The maximum Gasteiger partial charge on any atom is 0.293 e. The largest absolute Gasteiger partial charge is 0.508 e. The number of aromatic hydroxyl groups is 1. The van der Waals surface area contributed by atoms with Gasteiger partial charge in [0.2, 0.25) is 5.92 Å². The lowest BCUT2D eigenvalue weighted by Gasteiger charge is -2.39. The minimum atomic E-state index is -3.42. The van der Waals surface area contributed by atoms with E-state index in [1.54, 1.807) is 0 Å². The fourth-order valence-electron chi connectivity index (χ4n) is 1.73. The van der Waals surface area contributed by atoms with Crippen LogP contribution in [-0.2, 0) is 5.92 Å². The molecular formula is C10H9F4NO. The molecule has 0 aliphatic heterocycles. The maximum atomic E-state index is 13.6. The fourth-order valence-corrected chi connectivity index (χ4v) is 1.73. The molecule has 2 rings (SSSR count). The molecule has 0 spiro atoms. The second-order valence-electron chi connectivity index (χ2n) is 3.98. The van der Waals surface area contributed by atoms with E-state index in [0.29, 0.717) is 0 Å². The van der Waals surface area contributed by atoms with E-state index < -0.39 is 36.3 Å². The van der Waals surface area contributed by atoms with Crippen LogP contribution in [0.1, 0.15) is 18.5 Å². The molecule has 1 fully saturated rings. The Bertz CT molecular complexity index is 400. The molecule has 16 heavy (non-hydrogen) atoms. The summed E-state index contributed by atoms with van der Waals surface area (Å²) in [6, 6.07) is 1.95. The number of aromatic nitrogens is 1. The quantitative estimate of drug-likeness (QED) is 0.799. The smallest absolute Gasteiger partial charge is 0.293 e. The molecule has 0 unspecified atom stereocenters. The van der Waals surface area contributed by atoms with Gasteiger partial charge in [0.05, 0.1) is 0 Å². The van der Waals surface area contributed by atoms with E-state index in [1.807, 2.05) is 0 Å². The van der Waals surface area contributed by atoms with Gasteiger partial charge in [-0.2, -0.15) is 8.78 Å². The average Bonchev–Trinajstić information content (AvgIpc) is 2.14. The molecule has 88 valence electrons. The molecule has 1 heterocycles. The van der Waals surface area contributed by atoms with Crippen molar-refractivity contribution >= 4 is 0 Å². The van der Waals surface area contributed by atoms with Crippen molar-refractivity contribution in [3.8, 4) is 5.75 Å². The van der Waals surface area contributed by atoms with Crippen molar-refractivity contribution in [1.82, 2.24) is 4.98 Å². The Hall–Kier alpha value is -1.33. The third kappa shape index (κ3) is 1.83. The first-order valence-electron chi connectivity index (χ1n) is 4.72. The molecule has 0 amide bonds. The summed E-state index contributed by atoms with van der Waals surface area (Å²) >= 11 is 0. The van der Waals surface area contributed by atoms with Crippen LogP contribution in [0, 0.1) is 5.92 Å². The van der Waals surface area contributed by atoms with Gasteiger partial charge in [-0.25, -0.2) is 8.78 Å². The summed E-state index contributed by atoms with van der Waals surface area (Å²) in [6.45, 7) is 0. The Morgan fingerprint density at radius 3 is 2.50 bits per heavy atom. The normalized spacial score (nSPS) is 20.5. The van der Waals surface area contributed by atoms with Crippen LogP contribution in [0.3, 0.4) is 0 Å². The van der Waals surface area contributed by atoms with E-state index in [1.165, 1.54) is 0 Å². The standard InChI is InChI=1S/C10H9F4NO/c11-9(12)4-6(5-9)10(13,14)8-3-7(16)1-2-15-8/h1-3,6H,4-5H2,(H,15,16). The molecule has 1 aromatic rings. The predicted octanol–water partition coefficient (Wildman–Crippen LogP) is 2.92. The van der Waals surface area contributed by atoms with Crippen molar-refractivity contribution in [2.75, 3.05) is 0 Å². The van der Waals surface area contributed by atoms with Crippen molar-refractivity contribution in [3.05, 3.63) is 24.0 Å². The molecule has 6 heteroatoms. The van der Waals surface area contributed by atoms with Crippen LogP contribution >= 0.6 is 0 Å². The van der Waals surface area contributed by atoms with Crippen LogP contribution < -0.4 is 0 Å². The minimum absolute atomic E-state index is 0.351. The van der Waals surface area contributed by atoms with Gasteiger partial charge in [-0.05, 0) is 6.07 Å². The summed E-state index contributed by atoms with van der Waals surface area (Å²) in [5.41, 5.74) is -0.659. The van der Waals surface area contributed by atoms with E-state index in [9.17, 15) is 17.6 Å². The molecule has 0 saturated heterocycles. The van der Waals surface area contributed by atoms with E-state index in [2.05, 4.69) is 4.98 Å². The second kappa shape index (κ2) is 3.33. The Balaban J connectivity index is 2.20. The van der Waals surface area contributed by atoms with E-state index in [0.717, 1.165) is 18.3 Å². The van der Waals surface area contributed by atoms with Crippen LogP contribution in [0.25, 0.3) is 0 Å². The summed E-state index contributed by atoms with van der Waals surface area (Å²) in [5, 5.41) is 9.03. The van der Waals surface area contributed by atoms with Crippen molar-refractivity contribution in [2.24, 2.45) is 5.92 Å². The second-order valence-corrected chi connectivity index (χ2v) is 3.98. The van der Waals surface area contributed by atoms with Crippen molar-refractivity contribution in [3.63, 3.8) is 0 Å². The molecule has 0 bridgehead atoms. The molecule has 1 N–H and O–H groups in total. The van der Waals surface area contributed by atoms with E-state index >= 15 is 0 Å². The lowest BCUT2D eigenvalue weighted by molar-refractivity contribution is -0.199. The number of hydrogen-bond donors (Lipinski definition) is 1. The number of halogens is 4. The van der Waals surface area contributed by atoms with Gasteiger partial charge in [-0.15, -0.1) is 0 Å². The molecule has 1 aliphatic carbocycles. The van der Waals surface area contributed by atoms with Crippen LogP contribution in [0.15, 0.2) is 18.3 Å². The van der Waals surface area contributed by atoms with Gasteiger partial charge >= 0.3 is 0 Å². The summed E-state index contributed by atoms with van der Waals surface area (Å²) in [5.74, 6) is -8.17. The van der Waals surface area contributed by atoms with Gasteiger partial charge in [0.15, 0.2) is 0 Å². The number of alkyl halides is 4. The summed E-state index contributed by atoms with van der Waals surface area (Å²) in [6.07, 6.45) is -0.649. The molecule has 0 radical (unpaired) electrons. The Labute approximate surface area is 88.9 Å². The van der Waals surface area contributed by atoms with Crippen molar-refractivity contribution < 1.29 is 22.7 Å². The summed E-state index contributed by atoms with van der Waals surface area (Å²) in [4.78, 5) is 3.41. The number of nitrogens with zero attached hydrogens (tertiary/aromatic N) is 1. The Morgan fingerprint density at radius 1 is 1.38 bits per heavy atom. The topological polar surface area (TPSA) is 33.1 Å². The van der Waals surface area contributed by atoms with Crippen LogP contribution in [0.4, 0.5) is 17.6 Å². The van der Waals surface area contributed by atoms with Gasteiger partial charge in [-0.1, -0.05) is 0 Å². The molecule has 2 nitrogen and oxygen atoms in total. The van der Waals surface area contributed by atoms with Gasteiger partial charge in [0.25, 0.3) is 5.92 Å². The number of hydrogen-bond acceptors (Lipinski definition) is 2. The van der Waals surface area contributed by atoms with Crippen LogP contribution in [-0.4, -0.2) is 16.0 Å². The first-order valence-corrected chi connectivity index (χ1v) is 4.72. The zero-order valence-corrected chi connectivity index (χ0v) is 8.13. The highest BCUT2D eigenvalue weighted by molar-refractivity contribution is 5.24. The molecule has 1 aromatic heterocycles. The third-order valence-corrected chi connectivity index (χ3v) is 2.69. The van der Waals surface area contributed by atoms with Crippen LogP contribution in [0.5, 0.6) is 5.75 Å². The van der Waals surface area contributed by atoms with Gasteiger partial charge in [0.1, 0.15) is 11.4 Å². The highest BCUT2D eigenvalue weighted by Crippen LogP contribution is 2.53. The predicted molar refractivity (Wildman–Crippen MR) is 47.5 cm³/mol. The molecular weight excluding hydrogens is 226 g/mol. The lowest BCUT2D eigenvalue weighted by Crippen LogP contribution is -2.44. The third-order valence-electron chi connectivity index (χ3n) is 2.69. The number of pyridine rings is 1. The van der Waals surface area contributed by atoms with E-state index in [-0.39, 0.29) is 5.75 Å². The first kappa shape index (κ1) is 11.2. The van der Waals surface area contributed by atoms with E-state index in [4.69, 9.17) is 5.11 Å². The van der Waals surface area contributed by atoms with Crippen LogP contribution in [0.2, 0.25) is 0 Å². The minimum Gasteiger partial charge on any atom is -0.508 e. The molecule has 1 saturated carbocycles. The van der Waals surface area contributed by atoms with Gasteiger partial charge < -0.3 is 5.11 Å².